The van der Waals surface area contributed by atoms with Gasteiger partial charge in [-0.3, -0.25) is 15.0 Å². The Balaban J connectivity index is 1.37. The standard InChI is InChI=1S/C23H28N4O2/c1-27(15-17-5-3-2-4-6-17)23(29)20-14-25-26-21(20)18-9-7-16(8-10-18)13-24-22(28)19-11-12-19/h2-10,19-21,25-26H,11-15H2,1H3,(H,24,28). The summed E-state index contributed by atoms with van der Waals surface area (Å²) in [5.41, 5.74) is 9.65. The third-order valence-corrected chi connectivity index (χ3v) is 5.69. The number of nitrogens with one attached hydrogen (secondary N) is 3. The van der Waals surface area contributed by atoms with E-state index in [1.54, 1.807) is 4.90 Å². The first kappa shape index (κ1) is 19.6. The van der Waals surface area contributed by atoms with Crippen LogP contribution in [0.4, 0.5) is 0 Å². The lowest BCUT2D eigenvalue weighted by Crippen LogP contribution is -2.36. The molecule has 2 aliphatic rings. The second-order valence-corrected chi connectivity index (χ2v) is 8.02. The predicted octanol–water partition coefficient (Wildman–Crippen LogP) is 2.14. The second-order valence-electron chi connectivity index (χ2n) is 8.02. The summed E-state index contributed by atoms with van der Waals surface area (Å²) >= 11 is 0. The van der Waals surface area contributed by atoms with Gasteiger partial charge in [0.1, 0.15) is 0 Å². The van der Waals surface area contributed by atoms with Crippen molar-refractivity contribution in [3.05, 3.63) is 71.3 Å². The molecule has 1 heterocycles. The molecule has 2 aromatic carbocycles. The van der Waals surface area contributed by atoms with E-state index >= 15 is 0 Å². The molecule has 4 rings (SSSR count). The van der Waals surface area contributed by atoms with Gasteiger partial charge in [-0.05, 0) is 29.5 Å². The monoisotopic (exact) mass is 392 g/mol. The minimum absolute atomic E-state index is 0.0733. The summed E-state index contributed by atoms with van der Waals surface area (Å²) in [5, 5.41) is 2.99. The molecule has 1 aliphatic carbocycles. The first-order valence-electron chi connectivity index (χ1n) is 10.3. The van der Waals surface area contributed by atoms with Gasteiger partial charge in [0.2, 0.25) is 11.8 Å². The maximum absolute atomic E-state index is 13.0. The highest BCUT2D eigenvalue weighted by atomic mass is 16.2. The Labute approximate surface area is 171 Å². The van der Waals surface area contributed by atoms with Gasteiger partial charge in [-0.2, -0.15) is 0 Å². The molecule has 1 aliphatic heterocycles. The van der Waals surface area contributed by atoms with Crippen LogP contribution in [-0.4, -0.2) is 30.3 Å². The highest BCUT2D eigenvalue weighted by Crippen LogP contribution is 2.29. The fraction of sp³-hybridized carbons (Fsp3) is 0.391. The number of carbonyl (C=O) groups excluding carboxylic acids is 2. The molecule has 0 bridgehead atoms. The highest BCUT2D eigenvalue weighted by Gasteiger charge is 2.35. The highest BCUT2D eigenvalue weighted by molar-refractivity contribution is 5.81. The Morgan fingerprint density at radius 2 is 1.76 bits per heavy atom. The van der Waals surface area contributed by atoms with Crippen molar-refractivity contribution in [1.82, 2.24) is 21.1 Å². The van der Waals surface area contributed by atoms with Crippen LogP contribution in [0.2, 0.25) is 0 Å². The van der Waals surface area contributed by atoms with Crippen LogP contribution in [0.3, 0.4) is 0 Å². The van der Waals surface area contributed by atoms with E-state index in [9.17, 15) is 9.59 Å². The average molecular weight is 393 g/mol. The van der Waals surface area contributed by atoms with Crippen LogP contribution in [0, 0.1) is 11.8 Å². The minimum Gasteiger partial charge on any atom is -0.352 e. The summed E-state index contributed by atoms with van der Waals surface area (Å²) in [6.07, 6.45) is 2.03. The molecule has 3 N–H and O–H groups in total. The van der Waals surface area contributed by atoms with E-state index in [4.69, 9.17) is 0 Å². The Hall–Kier alpha value is -2.70. The van der Waals surface area contributed by atoms with Crippen molar-refractivity contribution in [2.75, 3.05) is 13.6 Å². The zero-order valence-electron chi connectivity index (χ0n) is 16.7. The summed E-state index contributed by atoms with van der Waals surface area (Å²) < 4.78 is 0. The third kappa shape index (κ3) is 4.83. The van der Waals surface area contributed by atoms with E-state index in [0.29, 0.717) is 19.6 Å². The molecule has 0 radical (unpaired) electrons. The molecular weight excluding hydrogens is 364 g/mol. The molecular formula is C23H28N4O2. The number of hydrazine groups is 1. The molecule has 29 heavy (non-hydrogen) atoms. The molecule has 1 saturated heterocycles. The first-order valence-corrected chi connectivity index (χ1v) is 10.3. The van der Waals surface area contributed by atoms with Crippen molar-refractivity contribution >= 4 is 11.8 Å². The zero-order valence-corrected chi connectivity index (χ0v) is 16.7. The van der Waals surface area contributed by atoms with Gasteiger partial charge in [0, 0.05) is 32.6 Å². The van der Waals surface area contributed by atoms with E-state index in [2.05, 4.69) is 16.2 Å². The molecule has 0 spiro atoms. The van der Waals surface area contributed by atoms with Gasteiger partial charge in [-0.1, -0.05) is 54.6 Å². The number of carbonyl (C=O) groups is 2. The molecule has 2 atom stereocenters. The lowest BCUT2D eigenvalue weighted by molar-refractivity contribution is -0.134. The van der Waals surface area contributed by atoms with Gasteiger partial charge in [0.05, 0.1) is 12.0 Å². The van der Waals surface area contributed by atoms with Crippen LogP contribution >= 0.6 is 0 Å². The van der Waals surface area contributed by atoms with Gasteiger partial charge >= 0.3 is 0 Å². The Morgan fingerprint density at radius 3 is 2.45 bits per heavy atom. The van der Waals surface area contributed by atoms with E-state index < -0.39 is 0 Å². The topological polar surface area (TPSA) is 73.5 Å². The number of amides is 2. The summed E-state index contributed by atoms with van der Waals surface area (Å²) in [6.45, 7) is 1.75. The van der Waals surface area contributed by atoms with Gasteiger partial charge < -0.3 is 10.2 Å². The fourth-order valence-electron chi connectivity index (χ4n) is 3.78. The van der Waals surface area contributed by atoms with Gasteiger partial charge in [-0.25, -0.2) is 5.43 Å². The third-order valence-electron chi connectivity index (χ3n) is 5.69. The van der Waals surface area contributed by atoms with Crippen molar-refractivity contribution < 1.29 is 9.59 Å². The quantitative estimate of drug-likeness (QED) is 0.675. The molecule has 2 fully saturated rings. The molecule has 2 aromatic rings. The van der Waals surface area contributed by atoms with Crippen molar-refractivity contribution in [1.29, 1.82) is 0 Å². The smallest absolute Gasteiger partial charge is 0.229 e. The number of benzene rings is 2. The predicted molar refractivity (Wildman–Crippen MR) is 111 cm³/mol. The number of nitrogens with zero attached hydrogens (tertiary/aromatic N) is 1. The van der Waals surface area contributed by atoms with Crippen molar-refractivity contribution in [2.24, 2.45) is 11.8 Å². The molecule has 6 heteroatoms. The molecule has 152 valence electrons. The normalized spacial score (nSPS) is 21.0. The summed E-state index contributed by atoms with van der Waals surface area (Å²) in [7, 11) is 1.86. The van der Waals surface area contributed by atoms with Gasteiger partial charge in [0.15, 0.2) is 0 Å². The van der Waals surface area contributed by atoms with Crippen LogP contribution in [0.25, 0.3) is 0 Å². The first-order chi connectivity index (χ1) is 14.1. The average Bonchev–Trinajstić information content (AvgIpc) is 3.49. The van der Waals surface area contributed by atoms with Crippen LogP contribution in [0.15, 0.2) is 54.6 Å². The van der Waals surface area contributed by atoms with Gasteiger partial charge in [-0.15, -0.1) is 0 Å². The van der Waals surface area contributed by atoms with E-state index in [1.165, 1.54) is 0 Å². The molecule has 2 unspecified atom stereocenters. The maximum Gasteiger partial charge on any atom is 0.229 e. The zero-order chi connectivity index (χ0) is 20.2. The fourth-order valence-corrected chi connectivity index (χ4v) is 3.78. The van der Waals surface area contributed by atoms with E-state index in [0.717, 1.165) is 29.5 Å². The largest absolute Gasteiger partial charge is 0.352 e. The van der Waals surface area contributed by atoms with E-state index in [1.807, 2.05) is 61.6 Å². The lowest BCUT2D eigenvalue weighted by atomic mass is 9.93. The lowest BCUT2D eigenvalue weighted by Gasteiger charge is -2.24. The van der Waals surface area contributed by atoms with Crippen molar-refractivity contribution in [2.45, 2.75) is 32.0 Å². The number of rotatable bonds is 7. The Morgan fingerprint density at radius 1 is 1.03 bits per heavy atom. The van der Waals surface area contributed by atoms with E-state index in [-0.39, 0.29) is 29.7 Å². The summed E-state index contributed by atoms with van der Waals surface area (Å²) in [5.74, 6) is 0.340. The van der Waals surface area contributed by atoms with Crippen molar-refractivity contribution in [3.8, 4) is 0 Å². The molecule has 0 aromatic heterocycles. The van der Waals surface area contributed by atoms with Crippen LogP contribution < -0.4 is 16.2 Å². The molecule has 2 amide bonds. The molecule has 1 saturated carbocycles. The second kappa shape index (κ2) is 8.76. The summed E-state index contributed by atoms with van der Waals surface area (Å²) in [4.78, 5) is 26.6. The summed E-state index contributed by atoms with van der Waals surface area (Å²) in [6, 6.07) is 18.1. The number of hydrogen-bond acceptors (Lipinski definition) is 4. The molecule has 6 nitrogen and oxygen atoms in total. The maximum atomic E-state index is 13.0. The van der Waals surface area contributed by atoms with Gasteiger partial charge in [0.25, 0.3) is 0 Å². The number of hydrogen-bond donors (Lipinski definition) is 3. The van der Waals surface area contributed by atoms with Crippen molar-refractivity contribution in [3.63, 3.8) is 0 Å². The van der Waals surface area contributed by atoms with Crippen LogP contribution in [0.5, 0.6) is 0 Å². The minimum atomic E-state index is -0.163. The SMILES string of the molecule is CN(Cc1ccccc1)C(=O)C1CNNC1c1ccc(CNC(=O)C2CC2)cc1. The Kier molecular flexibility index (Phi) is 5.92. The van der Waals surface area contributed by atoms with Crippen LogP contribution in [0.1, 0.15) is 35.6 Å². The van der Waals surface area contributed by atoms with Crippen LogP contribution in [-0.2, 0) is 22.7 Å². The Bertz CT molecular complexity index is 849.